The highest BCUT2D eigenvalue weighted by molar-refractivity contribution is 6.32. The second-order valence-electron chi connectivity index (χ2n) is 14.6. The van der Waals surface area contributed by atoms with Crippen molar-refractivity contribution in [2.75, 3.05) is 0 Å². The number of rotatable bonds is 20. The lowest BCUT2D eigenvalue weighted by Gasteiger charge is -2.20. The van der Waals surface area contributed by atoms with Gasteiger partial charge in [-0.2, -0.15) is 5.26 Å². The molecular weight excluding hydrogens is 825 g/mol. The minimum absolute atomic E-state index is 0.155. The van der Waals surface area contributed by atoms with Crippen LogP contribution in [0, 0.1) is 30.6 Å². The van der Waals surface area contributed by atoms with Gasteiger partial charge in [-0.1, -0.05) is 65.7 Å². The summed E-state index contributed by atoms with van der Waals surface area (Å²) in [6, 6.07) is 24.3. The molecule has 318 valence electrons. The number of aliphatic hydroxyl groups is 2. The molecule has 0 radical (unpaired) electrons. The summed E-state index contributed by atoms with van der Waals surface area (Å²) in [6.07, 6.45) is 8.61. The number of nitrogens with zero attached hydrogens (tertiary/aromatic N) is 3. The zero-order chi connectivity index (χ0) is 44.2. The van der Waals surface area contributed by atoms with Gasteiger partial charge < -0.3 is 39.9 Å². The molecule has 2 aromatic heterocycles. The third kappa shape index (κ3) is 11.4. The molecule has 0 saturated carbocycles. The van der Waals surface area contributed by atoms with Gasteiger partial charge in [0.25, 0.3) is 0 Å². The van der Waals surface area contributed by atoms with E-state index in [-0.39, 0.29) is 39.1 Å². The van der Waals surface area contributed by atoms with Gasteiger partial charge in [0.05, 0.1) is 34.4 Å². The van der Waals surface area contributed by atoms with Gasteiger partial charge >= 0.3 is 0 Å². The Morgan fingerprint density at radius 2 is 1.27 bits per heavy atom. The number of pyridine rings is 2. The van der Waals surface area contributed by atoms with Crippen LogP contribution in [0.2, 0.25) is 10.0 Å². The lowest BCUT2D eigenvalue weighted by atomic mass is 9.92. The van der Waals surface area contributed by atoms with Crippen LogP contribution in [0.25, 0.3) is 11.1 Å². The molecule has 62 heavy (non-hydrogen) atoms. The molecule has 2 atom stereocenters. The number of nitriles is 1. The van der Waals surface area contributed by atoms with E-state index in [1.54, 1.807) is 61.9 Å². The molecule has 4 N–H and O–H groups in total. The number of aromatic nitrogens is 2. The Kier molecular flexibility index (Phi) is 15.7. The van der Waals surface area contributed by atoms with E-state index in [2.05, 4.69) is 53.9 Å². The molecule has 0 aliphatic heterocycles. The molecule has 13 heteroatoms. The van der Waals surface area contributed by atoms with E-state index in [9.17, 15) is 15.5 Å². The topological polar surface area (TPSA) is 163 Å². The fourth-order valence-corrected chi connectivity index (χ4v) is 7.25. The molecule has 0 fully saturated rings. The predicted molar refractivity (Wildman–Crippen MR) is 241 cm³/mol. The van der Waals surface area contributed by atoms with E-state index in [4.69, 9.17) is 47.6 Å². The molecule has 6 aromatic rings. The minimum atomic E-state index is -0.661. The van der Waals surface area contributed by atoms with Crippen molar-refractivity contribution in [1.82, 2.24) is 15.3 Å². The normalized spacial score (nSPS) is 11.9. The van der Waals surface area contributed by atoms with Crippen molar-refractivity contribution >= 4 is 29.4 Å². The largest absolute Gasteiger partial charge is 0.488 e. The summed E-state index contributed by atoms with van der Waals surface area (Å²) < 4.78 is 25.0. The number of nitrogens with one attached hydrogen (secondary N) is 2. The van der Waals surface area contributed by atoms with E-state index >= 15 is 0 Å². The van der Waals surface area contributed by atoms with Crippen LogP contribution in [0.15, 0.2) is 110 Å². The molecule has 0 saturated heterocycles. The Morgan fingerprint density at radius 3 is 1.81 bits per heavy atom. The second-order valence-corrected chi connectivity index (χ2v) is 15.4. The first-order valence-electron chi connectivity index (χ1n) is 19.8. The van der Waals surface area contributed by atoms with Crippen molar-refractivity contribution in [3.8, 4) is 40.2 Å². The summed E-state index contributed by atoms with van der Waals surface area (Å²) in [5.74, 6) is 1.79. The zero-order valence-corrected chi connectivity index (χ0v) is 36.1. The molecule has 0 bridgehead atoms. The van der Waals surface area contributed by atoms with Crippen LogP contribution in [0.5, 0.6) is 23.0 Å². The zero-order valence-electron chi connectivity index (χ0n) is 34.6. The first kappa shape index (κ1) is 45.3. The van der Waals surface area contributed by atoms with Crippen LogP contribution in [-0.4, -0.2) is 38.5 Å². The Morgan fingerprint density at radius 1 is 0.742 bits per heavy atom. The summed E-state index contributed by atoms with van der Waals surface area (Å²) in [5.41, 5.74) is 9.91. The van der Waals surface area contributed by atoms with E-state index in [0.29, 0.717) is 56.3 Å². The Bertz CT molecular complexity index is 2590. The van der Waals surface area contributed by atoms with E-state index in [0.717, 1.165) is 50.1 Å². The molecule has 2 unspecified atom stereocenters. The van der Waals surface area contributed by atoms with Crippen LogP contribution in [-0.2, 0) is 39.6 Å². The summed E-state index contributed by atoms with van der Waals surface area (Å²) in [6.45, 7) is 10.5. The van der Waals surface area contributed by atoms with Crippen LogP contribution in [0.4, 0.5) is 0 Å². The van der Waals surface area contributed by atoms with Crippen molar-refractivity contribution < 1.29 is 29.2 Å². The molecule has 6 rings (SSSR count). The molecule has 0 spiro atoms. The summed E-state index contributed by atoms with van der Waals surface area (Å²) in [5, 5.41) is 41.1. The number of aliphatic hydroxyl groups excluding tert-OH is 2. The van der Waals surface area contributed by atoms with Gasteiger partial charge in [0, 0.05) is 77.5 Å². The highest BCUT2D eigenvalue weighted by Gasteiger charge is 2.18. The molecule has 11 nitrogen and oxygen atoms in total. The molecule has 4 aromatic carbocycles. The molecular formula is C49H47Cl2N5O6. The van der Waals surface area contributed by atoms with Gasteiger partial charge in [0.1, 0.15) is 55.5 Å². The van der Waals surface area contributed by atoms with Crippen LogP contribution < -0.4 is 24.3 Å². The van der Waals surface area contributed by atoms with Crippen molar-refractivity contribution in [2.45, 2.75) is 72.5 Å². The van der Waals surface area contributed by atoms with Gasteiger partial charge in [-0.05, 0) is 78.4 Å². The molecule has 2 heterocycles. The minimum Gasteiger partial charge on any atom is -0.488 e. The summed E-state index contributed by atoms with van der Waals surface area (Å²) >= 11 is 13.4. The molecule has 0 amide bonds. The third-order valence-electron chi connectivity index (χ3n) is 10.3. The number of halogens is 2. The average molecular weight is 873 g/mol. The average Bonchev–Trinajstić information content (AvgIpc) is 3.28. The van der Waals surface area contributed by atoms with Crippen molar-refractivity contribution in [3.63, 3.8) is 0 Å². The van der Waals surface area contributed by atoms with Gasteiger partial charge in [0.15, 0.2) is 0 Å². The highest BCUT2D eigenvalue weighted by Crippen LogP contribution is 2.37. The first-order valence-corrected chi connectivity index (χ1v) is 20.5. The van der Waals surface area contributed by atoms with Crippen LogP contribution in [0.3, 0.4) is 0 Å². The maximum absolute atomic E-state index is 10.2. The highest BCUT2D eigenvalue weighted by atomic mass is 35.5. The third-order valence-corrected chi connectivity index (χ3v) is 10.9. The monoisotopic (exact) mass is 871 g/mol. The Balaban J connectivity index is 1.18. The lowest BCUT2D eigenvalue weighted by molar-refractivity contribution is 0.163. The first-order chi connectivity index (χ1) is 30.0. The van der Waals surface area contributed by atoms with Crippen molar-refractivity contribution in [2.24, 2.45) is 0 Å². The summed E-state index contributed by atoms with van der Waals surface area (Å²) in [4.78, 5) is 8.30. The van der Waals surface area contributed by atoms with Gasteiger partial charge in [-0.15, -0.1) is 6.58 Å². The Labute approximate surface area is 371 Å². The number of hydrogen-bond acceptors (Lipinski definition) is 11. The lowest BCUT2D eigenvalue weighted by Crippen LogP contribution is -2.36. The maximum atomic E-state index is 10.2. The van der Waals surface area contributed by atoms with Gasteiger partial charge in [0.2, 0.25) is 0 Å². The van der Waals surface area contributed by atoms with Crippen LogP contribution in [0.1, 0.15) is 62.6 Å². The molecule has 0 aliphatic carbocycles. The maximum Gasteiger partial charge on any atom is 0.142 e. The fourth-order valence-electron chi connectivity index (χ4n) is 6.77. The fraction of sp³-hybridized carbons (Fsp3) is 0.224. The predicted octanol–water partition coefficient (Wildman–Crippen LogP) is 9.77. The van der Waals surface area contributed by atoms with Gasteiger partial charge in [-0.3, -0.25) is 9.97 Å². The van der Waals surface area contributed by atoms with E-state index in [1.807, 2.05) is 30.3 Å². The van der Waals surface area contributed by atoms with Crippen molar-refractivity contribution in [1.29, 1.82) is 10.7 Å². The number of ether oxygens (including phenoxy) is 4. The number of hydrogen-bond donors (Lipinski definition) is 4. The number of benzene rings is 4. The van der Waals surface area contributed by atoms with E-state index in [1.165, 1.54) is 12.4 Å². The van der Waals surface area contributed by atoms with Crippen LogP contribution >= 0.6 is 23.2 Å². The quantitative estimate of drug-likeness (QED) is 0.0429. The van der Waals surface area contributed by atoms with Gasteiger partial charge in [-0.25, -0.2) is 0 Å². The second kappa shape index (κ2) is 21.5. The Hall–Kier alpha value is -6.26. The SMILES string of the molecule is C=CC(NCc1cc(Cl)c(OCc2cccc(-c3cccc(COc4cc(OCc5cncc(C=N)c5)c(CO)cc4Cl)c3C)c2C)cc1OCc1cncc(C#N)c1)C(C)O. The smallest absolute Gasteiger partial charge is 0.142 e. The standard InChI is InChI=1S/C49H47Cl2N5O6/c1-5-45(32(4)58)56-24-39-14-43(50)48(16-46(39)59-26-35-12-33(18-52)20-54-22-35)61-28-37-8-6-10-41(30(37)2)42-11-7-9-38(31(42)3)29-62-49-17-47(40(25-57)15-44(49)51)60-27-36-13-34(19-53)21-55-23-36/h5-17,19-23,32,45,53,56-58H,1,24-29H2,2-4H3. The molecule has 0 aliphatic rings. The summed E-state index contributed by atoms with van der Waals surface area (Å²) in [7, 11) is 0. The van der Waals surface area contributed by atoms with Crippen molar-refractivity contribution in [3.05, 3.63) is 176 Å². The van der Waals surface area contributed by atoms with E-state index < -0.39 is 6.10 Å².